The summed E-state index contributed by atoms with van der Waals surface area (Å²) in [6, 6.07) is 0.998. The second-order valence-corrected chi connectivity index (χ2v) is 3.87. The van der Waals surface area contributed by atoms with Crippen molar-refractivity contribution in [1.82, 2.24) is 9.55 Å². The number of aliphatic hydroxyl groups is 1. The number of halogens is 2. The summed E-state index contributed by atoms with van der Waals surface area (Å²) in [4.78, 5) is 31.4. The van der Waals surface area contributed by atoms with E-state index in [1.807, 2.05) is 4.98 Å². The van der Waals surface area contributed by atoms with E-state index in [2.05, 4.69) is 9.88 Å². The maximum Gasteiger partial charge on any atom is 0.330 e. The van der Waals surface area contributed by atoms with Crippen LogP contribution >= 0.6 is 0 Å². The molecule has 1 aromatic rings. The van der Waals surface area contributed by atoms with E-state index in [1.165, 1.54) is 0 Å². The van der Waals surface area contributed by atoms with Gasteiger partial charge in [-0.3, -0.25) is 14.3 Å². The number of aliphatic hydroxyl groups excluding tert-OH is 1. The van der Waals surface area contributed by atoms with Crippen LogP contribution in [0.3, 0.4) is 0 Å². The molecule has 10 heteroatoms. The van der Waals surface area contributed by atoms with Gasteiger partial charge in [-0.2, -0.15) is 9.88 Å². The van der Waals surface area contributed by atoms with Gasteiger partial charge in [-0.1, -0.05) is 0 Å². The molecule has 0 amide bonds. The summed E-state index contributed by atoms with van der Waals surface area (Å²) in [5.41, 5.74) is -1.55. The molecular weight excluding hydrogens is 270 g/mol. The van der Waals surface area contributed by atoms with Gasteiger partial charge in [-0.15, -0.1) is 0 Å². The minimum atomic E-state index is -1.61. The predicted octanol–water partition coefficient (Wildman–Crippen LogP) is -1.03. The number of aromatic amines is 1. The third-order valence-corrected chi connectivity index (χ3v) is 2.80. The second-order valence-electron chi connectivity index (χ2n) is 3.87. The summed E-state index contributed by atoms with van der Waals surface area (Å²) in [5, 5.41) is 8.96. The molecule has 1 fully saturated rings. The lowest BCUT2D eigenvalue weighted by Gasteiger charge is -2.17. The molecule has 106 valence electrons. The van der Waals surface area contributed by atoms with Crippen LogP contribution < -0.4 is 11.2 Å². The van der Waals surface area contributed by atoms with Gasteiger partial charge in [0.1, 0.15) is 6.10 Å². The Balaban J connectivity index is 2.38. The summed E-state index contributed by atoms with van der Waals surface area (Å²) >= 11 is 0. The molecule has 8 nitrogen and oxygen atoms in total. The first-order valence-corrected chi connectivity index (χ1v) is 5.25. The van der Waals surface area contributed by atoms with Gasteiger partial charge < -0.3 is 9.84 Å². The van der Waals surface area contributed by atoms with Crippen molar-refractivity contribution in [2.45, 2.75) is 24.5 Å². The van der Waals surface area contributed by atoms with Gasteiger partial charge >= 0.3 is 5.69 Å². The lowest BCUT2D eigenvalue weighted by Crippen LogP contribution is -2.38. The first-order valence-electron chi connectivity index (χ1n) is 5.25. The molecule has 0 spiro atoms. The largest absolute Gasteiger partial charge is 0.394 e. The van der Waals surface area contributed by atoms with E-state index >= 15 is 0 Å². The Morgan fingerprint density at radius 2 is 2.05 bits per heavy atom. The van der Waals surface area contributed by atoms with Crippen molar-refractivity contribution in [3.8, 4) is 0 Å². The molecule has 1 aliphatic rings. The highest BCUT2D eigenvalue weighted by molar-refractivity contribution is 4.93. The monoisotopic (exact) mass is 280 g/mol. The first-order chi connectivity index (χ1) is 9.12. The molecule has 0 aromatic carbocycles. The van der Waals surface area contributed by atoms with Crippen molar-refractivity contribution in [3.05, 3.63) is 33.1 Å². The van der Waals surface area contributed by atoms with Crippen molar-refractivity contribution >= 4 is 0 Å². The minimum absolute atomic E-state index is 0.658. The van der Waals surface area contributed by atoms with Crippen molar-refractivity contribution < 1.29 is 28.8 Å². The Morgan fingerprint density at radius 1 is 1.37 bits per heavy atom. The van der Waals surface area contributed by atoms with Gasteiger partial charge in [0.05, 0.1) is 6.61 Å². The summed E-state index contributed by atoms with van der Waals surface area (Å²) in [6.45, 7) is -0.664. The van der Waals surface area contributed by atoms with Gasteiger partial charge in [0.2, 0.25) is 0 Å². The van der Waals surface area contributed by atoms with Crippen LogP contribution in [0.2, 0.25) is 0 Å². The van der Waals surface area contributed by atoms with E-state index in [0.29, 0.717) is 0 Å². The molecule has 2 N–H and O–H groups in total. The quantitative estimate of drug-likeness (QED) is 0.730. The van der Waals surface area contributed by atoms with Gasteiger partial charge in [0.25, 0.3) is 5.56 Å². The van der Waals surface area contributed by atoms with Crippen LogP contribution in [-0.4, -0.2) is 39.6 Å². The summed E-state index contributed by atoms with van der Waals surface area (Å²) in [7, 11) is 0. The molecule has 4 atom stereocenters. The van der Waals surface area contributed by atoms with E-state index < -0.39 is 42.4 Å². The van der Waals surface area contributed by atoms with E-state index in [0.717, 1.165) is 16.8 Å². The standard InChI is InChI=1S/C9H10F2N2O6/c10-18-6-4(3-14)17-8(7(6)19-11)13-2-1-5(15)12-9(13)16/h1-2,4,6-8,14H,3H2,(H,12,15,16)/t4-,6?,7?,8-/m0/s1. The SMILES string of the molecule is O=c1ccn([C@H]2O[C@@H](CO)C(OF)C2OF)c(=O)[nH]1. The molecule has 0 radical (unpaired) electrons. The van der Waals surface area contributed by atoms with Crippen LogP contribution in [0.15, 0.2) is 21.9 Å². The van der Waals surface area contributed by atoms with E-state index in [4.69, 9.17) is 9.84 Å². The number of hydrogen-bond acceptors (Lipinski definition) is 6. The molecule has 2 unspecified atom stereocenters. The van der Waals surface area contributed by atoms with Crippen LogP contribution in [0, 0.1) is 0 Å². The zero-order chi connectivity index (χ0) is 14.0. The molecular formula is C9H10F2N2O6. The van der Waals surface area contributed by atoms with Crippen LogP contribution in [0.5, 0.6) is 0 Å². The van der Waals surface area contributed by atoms with Crippen LogP contribution in [0.4, 0.5) is 9.05 Å². The van der Waals surface area contributed by atoms with E-state index in [-0.39, 0.29) is 0 Å². The van der Waals surface area contributed by atoms with Crippen molar-refractivity contribution in [2.24, 2.45) is 0 Å². The third kappa shape index (κ3) is 2.42. The highest BCUT2D eigenvalue weighted by atomic mass is 19.3. The highest BCUT2D eigenvalue weighted by Crippen LogP contribution is 2.32. The van der Waals surface area contributed by atoms with Crippen LogP contribution in [0.1, 0.15) is 6.23 Å². The van der Waals surface area contributed by atoms with Crippen LogP contribution in [-0.2, 0) is 14.6 Å². The van der Waals surface area contributed by atoms with Crippen molar-refractivity contribution in [3.63, 3.8) is 0 Å². The summed E-state index contributed by atoms with van der Waals surface area (Å²) in [5.74, 6) is 0. The number of ether oxygens (including phenoxy) is 1. The average Bonchev–Trinajstić information content (AvgIpc) is 2.76. The topological polar surface area (TPSA) is 103 Å². The molecule has 1 aromatic heterocycles. The summed E-state index contributed by atoms with van der Waals surface area (Å²) in [6.07, 6.45) is -4.71. The Kier molecular flexibility index (Phi) is 4.04. The predicted molar refractivity (Wildman–Crippen MR) is 54.3 cm³/mol. The smallest absolute Gasteiger partial charge is 0.330 e. The van der Waals surface area contributed by atoms with Gasteiger partial charge in [0, 0.05) is 12.3 Å². The normalized spacial score (nSPS) is 30.7. The third-order valence-electron chi connectivity index (χ3n) is 2.80. The molecule has 0 aliphatic carbocycles. The van der Waals surface area contributed by atoms with Crippen molar-refractivity contribution in [1.29, 1.82) is 0 Å². The molecule has 2 heterocycles. The highest BCUT2D eigenvalue weighted by Gasteiger charge is 2.49. The number of hydrogen-bond donors (Lipinski definition) is 2. The molecule has 1 aliphatic heterocycles. The maximum atomic E-state index is 12.5. The molecule has 0 saturated carbocycles. The Morgan fingerprint density at radius 3 is 2.58 bits per heavy atom. The number of nitrogens with zero attached hydrogens (tertiary/aromatic N) is 1. The fraction of sp³-hybridized carbons (Fsp3) is 0.556. The zero-order valence-corrected chi connectivity index (χ0v) is 9.36. The molecule has 2 rings (SSSR count). The number of rotatable bonds is 4. The number of H-pyrrole nitrogens is 1. The lowest BCUT2D eigenvalue weighted by atomic mass is 10.1. The fourth-order valence-electron chi connectivity index (χ4n) is 1.91. The first kappa shape index (κ1) is 13.8. The van der Waals surface area contributed by atoms with Gasteiger partial charge in [-0.25, -0.2) is 4.79 Å². The zero-order valence-electron chi connectivity index (χ0n) is 9.36. The Bertz CT molecular complexity index is 546. The van der Waals surface area contributed by atoms with Gasteiger partial charge in [-0.05, 0) is 9.05 Å². The van der Waals surface area contributed by atoms with Crippen molar-refractivity contribution in [2.75, 3.05) is 6.61 Å². The molecule has 1 saturated heterocycles. The van der Waals surface area contributed by atoms with Gasteiger partial charge in [0.15, 0.2) is 18.4 Å². The maximum absolute atomic E-state index is 12.5. The number of aromatic nitrogens is 2. The average molecular weight is 280 g/mol. The lowest BCUT2D eigenvalue weighted by molar-refractivity contribution is -0.269. The molecule has 0 bridgehead atoms. The van der Waals surface area contributed by atoms with E-state index in [1.54, 1.807) is 0 Å². The van der Waals surface area contributed by atoms with E-state index in [9.17, 15) is 18.6 Å². The fourth-order valence-corrected chi connectivity index (χ4v) is 1.91. The Labute approximate surface area is 103 Å². The summed E-state index contributed by atoms with van der Waals surface area (Å²) < 4.78 is 30.7. The Hall–Kier alpha value is -1.62. The number of nitrogens with one attached hydrogen (secondary N) is 1. The van der Waals surface area contributed by atoms with Crippen LogP contribution in [0.25, 0.3) is 0 Å². The second kappa shape index (κ2) is 5.57. The minimum Gasteiger partial charge on any atom is -0.394 e. The molecule has 19 heavy (non-hydrogen) atoms.